The van der Waals surface area contributed by atoms with E-state index in [9.17, 15) is 4.79 Å². The summed E-state index contributed by atoms with van der Waals surface area (Å²) in [6.45, 7) is 2.70. The first kappa shape index (κ1) is 12.7. The molecular formula is C10H15NO5. The predicted octanol–water partition coefficient (Wildman–Crippen LogP) is 1.21. The average Bonchev–Trinajstić information content (AvgIpc) is 2.73. The second-order valence-electron chi connectivity index (χ2n) is 3.19. The molecule has 0 aliphatic carbocycles. The highest BCUT2D eigenvalue weighted by Gasteiger charge is 2.13. The molecular weight excluding hydrogens is 214 g/mol. The molecule has 0 amide bonds. The van der Waals surface area contributed by atoms with Gasteiger partial charge in [-0.15, -0.1) is 0 Å². The molecule has 0 saturated carbocycles. The van der Waals surface area contributed by atoms with Gasteiger partial charge in [-0.3, -0.25) is 4.84 Å². The highest BCUT2D eigenvalue weighted by atomic mass is 16.7. The average molecular weight is 229 g/mol. The van der Waals surface area contributed by atoms with E-state index >= 15 is 0 Å². The first-order chi connectivity index (χ1) is 7.65. The largest absolute Gasteiger partial charge is 0.475 e. The maximum absolute atomic E-state index is 10.6. The maximum Gasteiger partial charge on any atom is 0.371 e. The van der Waals surface area contributed by atoms with Crippen LogP contribution in [0.5, 0.6) is 0 Å². The summed E-state index contributed by atoms with van der Waals surface area (Å²) in [4.78, 5) is 15.7. The highest BCUT2D eigenvalue weighted by Crippen LogP contribution is 2.15. The Kier molecular flexibility index (Phi) is 4.97. The molecule has 16 heavy (non-hydrogen) atoms. The lowest BCUT2D eigenvalue weighted by molar-refractivity contribution is -0.0128. The predicted molar refractivity (Wildman–Crippen MR) is 55.0 cm³/mol. The number of ether oxygens (including phenoxy) is 1. The molecule has 6 nitrogen and oxygen atoms in total. The molecule has 1 unspecified atom stereocenters. The Morgan fingerprint density at radius 2 is 2.31 bits per heavy atom. The second-order valence-corrected chi connectivity index (χ2v) is 3.19. The summed E-state index contributed by atoms with van der Waals surface area (Å²) in [6.07, 6.45) is 0. The molecule has 1 aromatic heterocycles. The van der Waals surface area contributed by atoms with Gasteiger partial charge in [0.1, 0.15) is 5.76 Å². The lowest BCUT2D eigenvalue weighted by atomic mass is 10.3. The Morgan fingerprint density at radius 3 is 2.88 bits per heavy atom. The quantitative estimate of drug-likeness (QED) is 0.540. The Labute approximate surface area is 93.1 Å². The van der Waals surface area contributed by atoms with Crippen molar-refractivity contribution in [2.24, 2.45) is 0 Å². The molecule has 1 atom stereocenters. The number of nitrogens with one attached hydrogen (secondary N) is 1. The molecule has 6 heteroatoms. The number of hydrogen-bond donors (Lipinski definition) is 2. The van der Waals surface area contributed by atoms with E-state index in [0.717, 1.165) is 0 Å². The van der Waals surface area contributed by atoms with Crippen LogP contribution in [0.15, 0.2) is 16.5 Å². The van der Waals surface area contributed by atoms with E-state index in [1.54, 1.807) is 20.1 Å². The molecule has 1 heterocycles. The van der Waals surface area contributed by atoms with Gasteiger partial charge in [-0.1, -0.05) is 0 Å². The van der Waals surface area contributed by atoms with Crippen molar-refractivity contribution in [1.29, 1.82) is 0 Å². The zero-order chi connectivity index (χ0) is 12.0. The lowest BCUT2D eigenvalue weighted by Gasteiger charge is -2.10. The van der Waals surface area contributed by atoms with E-state index in [1.807, 2.05) is 0 Å². The number of carboxylic acids is 1. The first-order valence-electron chi connectivity index (χ1n) is 4.84. The van der Waals surface area contributed by atoms with Gasteiger partial charge in [0.05, 0.1) is 19.3 Å². The van der Waals surface area contributed by atoms with E-state index in [2.05, 4.69) is 5.48 Å². The third-order valence-corrected chi connectivity index (χ3v) is 1.91. The van der Waals surface area contributed by atoms with Crippen LogP contribution < -0.4 is 5.48 Å². The van der Waals surface area contributed by atoms with E-state index in [1.165, 1.54) is 6.07 Å². The zero-order valence-electron chi connectivity index (χ0n) is 9.23. The summed E-state index contributed by atoms with van der Waals surface area (Å²) in [5.41, 5.74) is 2.72. The smallest absolute Gasteiger partial charge is 0.371 e. The maximum atomic E-state index is 10.6. The van der Waals surface area contributed by atoms with E-state index in [-0.39, 0.29) is 11.8 Å². The van der Waals surface area contributed by atoms with E-state index in [0.29, 0.717) is 19.0 Å². The molecule has 0 radical (unpaired) electrons. The standard InChI is InChI=1S/C10H15NO5/c1-7(11-15-6-5-14-2)8-3-4-9(16-8)10(12)13/h3-4,7,11H,5-6H2,1-2H3,(H,12,13). The topological polar surface area (TPSA) is 80.9 Å². The molecule has 1 aromatic rings. The van der Waals surface area contributed by atoms with Crippen LogP contribution in [-0.2, 0) is 9.57 Å². The Bertz CT molecular complexity index is 336. The zero-order valence-corrected chi connectivity index (χ0v) is 9.23. The summed E-state index contributed by atoms with van der Waals surface area (Å²) in [7, 11) is 1.58. The van der Waals surface area contributed by atoms with Crippen molar-refractivity contribution in [3.05, 3.63) is 23.7 Å². The molecule has 0 saturated heterocycles. The lowest BCUT2D eigenvalue weighted by Crippen LogP contribution is -2.21. The van der Waals surface area contributed by atoms with Gasteiger partial charge in [-0.25, -0.2) is 4.79 Å². The molecule has 0 aliphatic heterocycles. The van der Waals surface area contributed by atoms with Crippen LogP contribution in [0.4, 0.5) is 0 Å². The normalized spacial score (nSPS) is 12.6. The van der Waals surface area contributed by atoms with Gasteiger partial charge in [0, 0.05) is 7.11 Å². The monoisotopic (exact) mass is 229 g/mol. The van der Waals surface area contributed by atoms with Gasteiger partial charge in [0.2, 0.25) is 5.76 Å². The van der Waals surface area contributed by atoms with Gasteiger partial charge in [0.25, 0.3) is 0 Å². The molecule has 1 rings (SSSR count). The van der Waals surface area contributed by atoms with Gasteiger partial charge in [-0.2, -0.15) is 5.48 Å². The minimum Gasteiger partial charge on any atom is -0.475 e. The second kappa shape index (κ2) is 6.26. The Balaban J connectivity index is 2.40. The minimum atomic E-state index is -1.08. The Morgan fingerprint density at radius 1 is 1.56 bits per heavy atom. The third kappa shape index (κ3) is 3.65. The van der Waals surface area contributed by atoms with Crippen LogP contribution in [0, 0.1) is 0 Å². The summed E-state index contributed by atoms with van der Waals surface area (Å²) < 4.78 is 9.89. The molecule has 0 aromatic carbocycles. The van der Waals surface area contributed by atoms with Crippen molar-refractivity contribution in [3.63, 3.8) is 0 Å². The van der Waals surface area contributed by atoms with Crippen molar-refractivity contribution >= 4 is 5.97 Å². The van der Waals surface area contributed by atoms with Crippen LogP contribution in [0.1, 0.15) is 29.3 Å². The molecule has 2 N–H and O–H groups in total. The minimum absolute atomic E-state index is 0.0828. The fourth-order valence-electron chi connectivity index (χ4n) is 1.07. The number of carboxylic acid groups (broad SMARTS) is 1. The summed E-state index contributed by atoms with van der Waals surface area (Å²) in [5, 5.41) is 8.66. The number of hydrogen-bond acceptors (Lipinski definition) is 5. The van der Waals surface area contributed by atoms with Crippen molar-refractivity contribution in [2.75, 3.05) is 20.3 Å². The summed E-state index contributed by atoms with van der Waals surface area (Å²) in [5.74, 6) is -0.658. The first-order valence-corrected chi connectivity index (χ1v) is 4.84. The van der Waals surface area contributed by atoms with Crippen molar-refractivity contribution < 1.29 is 23.9 Å². The summed E-state index contributed by atoms with van der Waals surface area (Å²) in [6, 6.07) is 2.79. The third-order valence-electron chi connectivity index (χ3n) is 1.91. The molecule has 0 fully saturated rings. The van der Waals surface area contributed by atoms with Gasteiger partial charge in [0.15, 0.2) is 0 Å². The van der Waals surface area contributed by atoms with Crippen molar-refractivity contribution in [1.82, 2.24) is 5.48 Å². The van der Waals surface area contributed by atoms with Crippen LogP contribution >= 0.6 is 0 Å². The molecule has 0 spiro atoms. The number of methoxy groups -OCH3 is 1. The van der Waals surface area contributed by atoms with E-state index < -0.39 is 5.97 Å². The number of hydroxylamine groups is 1. The SMILES string of the molecule is COCCONC(C)c1ccc(C(=O)O)o1. The highest BCUT2D eigenvalue weighted by molar-refractivity contribution is 5.84. The molecule has 0 bridgehead atoms. The van der Waals surface area contributed by atoms with Crippen LogP contribution in [0.25, 0.3) is 0 Å². The number of rotatable bonds is 7. The van der Waals surface area contributed by atoms with Gasteiger partial charge in [-0.05, 0) is 19.1 Å². The molecule has 90 valence electrons. The van der Waals surface area contributed by atoms with Gasteiger partial charge >= 0.3 is 5.97 Å². The van der Waals surface area contributed by atoms with Crippen molar-refractivity contribution in [2.45, 2.75) is 13.0 Å². The Hall–Kier alpha value is -1.37. The fourth-order valence-corrected chi connectivity index (χ4v) is 1.07. The van der Waals surface area contributed by atoms with Gasteiger partial charge < -0.3 is 14.3 Å². The fraction of sp³-hybridized carbons (Fsp3) is 0.500. The van der Waals surface area contributed by atoms with Crippen LogP contribution in [0.3, 0.4) is 0 Å². The van der Waals surface area contributed by atoms with Crippen molar-refractivity contribution in [3.8, 4) is 0 Å². The summed E-state index contributed by atoms with van der Waals surface area (Å²) >= 11 is 0. The van der Waals surface area contributed by atoms with Crippen LogP contribution in [-0.4, -0.2) is 31.4 Å². The van der Waals surface area contributed by atoms with Crippen LogP contribution in [0.2, 0.25) is 0 Å². The number of furan rings is 1. The number of aromatic carboxylic acids is 1. The molecule has 0 aliphatic rings. The van der Waals surface area contributed by atoms with E-state index in [4.69, 9.17) is 19.1 Å². The number of carbonyl (C=O) groups is 1.